The third-order valence-corrected chi connectivity index (χ3v) is 8.05. The lowest BCUT2D eigenvalue weighted by atomic mass is 9.85. The Morgan fingerprint density at radius 2 is 1.61 bits per heavy atom. The van der Waals surface area contributed by atoms with E-state index < -0.39 is 70.5 Å². The second-order valence-corrected chi connectivity index (χ2v) is 11.1. The summed E-state index contributed by atoms with van der Waals surface area (Å²) in [6.45, 7) is 3.22. The Bertz CT molecular complexity index is 1490. The highest BCUT2D eigenvalue weighted by atomic mass is 19.4. The number of likely N-dealkylation sites (N-methyl/N-ethyl adjacent to an activating group) is 1. The summed E-state index contributed by atoms with van der Waals surface area (Å²) in [6, 6.07) is 5.66. The SMILES string of the molecule is CC(C)[C@@H](NC(=O)c1cc(C(F)(F)F)ccc1F)C(=O)N1CCC2(CC1)C(=O)N(C)C(=O)N2c1ccc(N(C)C(=O)O)cc1. The summed E-state index contributed by atoms with van der Waals surface area (Å²) in [6.07, 6.45) is -5.93. The molecule has 2 N–H and O–H groups in total. The number of hydrogen-bond donors (Lipinski definition) is 2. The zero-order chi connectivity index (χ0) is 32.7. The first-order valence-electron chi connectivity index (χ1n) is 13.6. The number of carboxylic acid groups (broad SMARTS) is 1. The molecular formula is C29H31F4N5O6. The van der Waals surface area contributed by atoms with Crippen LogP contribution in [0.4, 0.5) is 38.5 Å². The van der Waals surface area contributed by atoms with Gasteiger partial charge < -0.3 is 15.3 Å². The van der Waals surface area contributed by atoms with Crippen molar-refractivity contribution in [3.05, 3.63) is 59.4 Å². The smallest absolute Gasteiger partial charge is 0.416 e. The first-order valence-corrected chi connectivity index (χ1v) is 13.6. The van der Waals surface area contributed by atoms with Crippen molar-refractivity contribution in [1.82, 2.24) is 15.1 Å². The van der Waals surface area contributed by atoms with Crippen molar-refractivity contribution in [1.29, 1.82) is 0 Å². The number of likely N-dealkylation sites (tertiary alicyclic amines) is 1. The molecule has 4 rings (SSSR count). The average molecular weight is 622 g/mol. The quantitative estimate of drug-likeness (QED) is 0.368. The van der Waals surface area contributed by atoms with E-state index in [0.29, 0.717) is 29.6 Å². The van der Waals surface area contributed by atoms with Crippen LogP contribution in [0.25, 0.3) is 0 Å². The van der Waals surface area contributed by atoms with E-state index in [1.54, 1.807) is 13.8 Å². The minimum Gasteiger partial charge on any atom is -0.465 e. The number of urea groups is 1. The number of piperidine rings is 1. The molecule has 2 aliphatic rings. The highest BCUT2D eigenvalue weighted by molar-refractivity contribution is 6.17. The fourth-order valence-corrected chi connectivity index (χ4v) is 5.46. The van der Waals surface area contributed by atoms with Gasteiger partial charge in [0.25, 0.3) is 11.8 Å². The molecule has 2 saturated heterocycles. The predicted octanol–water partition coefficient (Wildman–Crippen LogP) is 4.17. The van der Waals surface area contributed by atoms with E-state index in [-0.39, 0.29) is 25.9 Å². The highest BCUT2D eigenvalue weighted by Gasteiger charge is 2.58. The number of carbonyl (C=O) groups excluding carboxylic acids is 4. The molecule has 1 atom stereocenters. The van der Waals surface area contributed by atoms with Crippen LogP contribution in [0.1, 0.15) is 42.6 Å². The number of hydrogen-bond acceptors (Lipinski definition) is 5. The molecule has 0 aliphatic carbocycles. The van der Waals surface area contributed by atoms with Crippen molar-refractivity contribution in [2.24, 2.45) is 5.92 Å². The summed E-state index contributed by atoms with van der Waals surface area (Å²) in [5.74, 6) is -3.95. The van der Waals surface area contributed by atoms with Crippen LogP contribution in [-0.4, -0.2) is 83.5 Å². The van der Waals surface area contributed by atoms with Crippen molar-refractivity contribution in [3.8, 4) is 0 Å². The van der Waals surface area contributed by atoms with E-state index in [1.165, 1.54) is 48.2 Å². The fraction of sp³-hybridized carbons (Fsp3) is 0.414. The van der Waals surface area contributed by atoms with E-state index in [0.717, 1.165) is 9.80 Å². The standard InChI is InChI=1S/C29H31F4N5O6/c1-16(2)22(34-23(39)20-15-17(29(31,32)33)5-10-21(20)30)24(40)37-13-11-28(12-14-37)25(41)36(4)26(42)38(28)19-8-6-18(7-9-19)35(3)27(43)44/h5-10,15-16,22H,11-14H2,1-4H3,(H,34,39)(H,43,44)/t22-/m1/s1. The van der Waals surface area contributed by atoms with Crippen molar-refractivity contribution in [2.75, 3.05) is 37.0 Å². The van der Waals surface area contributed by atoms with Crippen LogP contribution in [0.3, 0.4) is 0 Å². The van der Waals surface area contributed by atoms with Crippen LogP contribution < -0.4 is 15.1 Å². The summed E-state index contributed by atoms with van der Waals surface area (Å²) in [5.41, 5.74) is -2.71. The van der Waals surface area contributed by atoms with Gasteiger partial charge in [0.2, 0.25) is 5.91 Å². The Morgan fingerprint density at radius 1 is 1.02 bits per heavy atom. The molecule has 0 aromatic heterocycles. The molecule has 2 aliphatic heterocycles. The van der Waals surface area contributed by atoms with Gasteiger partial charge >= 0.3 is 18.3 Å². The molecule has 1 spiro atoms. The minimum atomic E-state index is -4.81. The third-order valence-electron chi connectivity index (χ3n) is 8.05. The first kappa shape index (κ1) is 32.2. The number of benzene rings is 2. The summed E-state index contributed by atoms with van der Waals surface area (Å²) in [4.78, 5) is 69.0. The van der Waals surface area contributed by atoms with E-state index in [1.807, 2.05) is 0 Å². The van der Waals surface area contributed by atoms with E-state index in [4.69, 9.17) is 0 Å². The van der Waals surface area contributed by atoms with Gasteiger partial charge in [0, 0.05) is 38.6 Å². The molecule has 236 valence electrons. The number of rotatable bonds is 6. The number of carbonyl (C=O) groups is 5. The zero-order valence-corrected chi connectivity index (χ0v) is 24.3. The number of alkyl halides is 3. The molecule has 0 radical (unpaired) electrons. The molecule has 6 amide bonds. The molecule has 0 saturated carbocycles. The Balaban J connectivity index is 1.53. The van der Waals surface area contributed by atoms with Gasteiger partial charge in [0.15, 0.2) is 0 Å². The Kier molecular flexibility index (Phi) is 8.62. The van der Waals surface area contributed by atoms with Crippen molar-refractivity contribution in [2.45, 2.75) is 44.4 Å². The van der Waals surface area contributed by atoms with Crippen LogP contribution in [-0.2, 0) is 15.8 Å². The van der Waals surface area contributed by atoms with Crippen LogP contribution >= 0.6 is 0 Å². The van der Waals surface area contributed by atoms with Crippen LogP contribution in [0.2, 0.25) is 0 Å². The van der Waals surface area contributed by atoms with Gasteiger partial charge in [0.05, 0.1) is 11.1 Å². The van der Waals surface area contributed by atoms with Crippen molar-refractivity contribution >= 4 is 41.2 Å². The summed E-state index contributed by atoms with van der Waals surface area (Å²) in [5, 5.41) is 11.6. The monoisotopic (exact) mass is 621 g/mol. The van der Waals surface area contributed by atoms with E-state index in [2.05, 4.69) is 5.32 Å². The molecule has 2 heterocycles. The van der Waals surface area contributed by atoms with Gasteiger partial charge in [-0.1, -0.05) is 13.8 Å². The van der Waals surface area contributed by atoms with E-state index in [9.17, 15) is 46.6 Å². The lowest BCUT2D eigenvalue weighted by molar-refractivity contribution is -0.139. The molecule has 2 aromatic carbocycles. The van der Waals surface area contributed by atoms with Gasteiger partial charge in [-0.05, 0) is 61.2 Å². The van der Waals surface area contributed by atoms with Crippen molar-refractivity contribution < 1.29 is 46.6 Å². The van der Waals surface area contributed by atoms with Gasteiger partial charge in [-0.3, -0.25) is 29.1 Å². The van der Waals surface area contributed by atoms with Crippen LogP contribution in [0.5, 0.6) is 0 Å². The van der Waals surface area contributed by atoms with Gasteiger partial charge in [-0.25, -0.2) is 14.0 Å². The Morgan fingerprint density at radius 3 is 2.14 bits per heavy atom. The Hall–Kier alpha value is -4.69. The lowest BCUT2D eigenvalue weighted by Crippen LogP contribution is -2.60. The molecule has 0 unspecified atom stereocenters. The minimum absolute atomic E-state index is 0.000953. The molecule has 0 bridgehead atoms. The van der Waals surface area contributed by atoms with Gasteiger partial charge in [-0.15, -0.1) is 0 Å². The predicted molar refractivity (Wildman–Crippen MR) is 150 cm³/mol. The summed E-state index contributed by atoms with van der Waals surface area (Å²) in [7, 11) is 2.70. The third kappa shape index (κ3) is 5.77. The highest BCUT2D eigenvalue weighted by Crippen LogP contribution is 2.41. The fourth-order valence-electron chi connectivity index (χ4n) is 5.46. The second kappa shape index (κ2) is 11.8. The number of nitrogens with one attached hydrogen (secondary N) is 1. The number of amides is 6. The average Bonchev–Trinajstić information content (AvgIpc) is 3.15. The lowest BCUT2D eigenvalue weighted by Gasteiger charge is -2.43. The number of halogens is 4. The largest absolute Gasteiger partial charge is 0.465 e. The molecule has 2 aromatic rings. The summed E-state index contributed by atoms with van der Waals surface area (Å²) < 4.78 is 53.8. The molecule has 11 nitrogen and oxygen atoms in total. The number of nitrogens with zero attached hydrogens (tertiary/aromatic N) is 4. The van der Waals surface area contributed by atoms with Crippen LogP contribution in [0.15, 0.2) is 42.5 Å². The van der Waals surface area contributed by atoms with Gasteiger partial charge in [0.1, 0.15) is 17.4 Å². The maximum Gasteiger partial charge on any atom is 0.416 e. The van der Waals surface area contributed by atoms with Crippen LogP contribution in [0, 0.1) is 11.7 Å². The Labute approximate surface area is 250 Å². The van der Waals surface area contributed by atoms with Crippen molar-refractivity contribution in [3.63, 3.8) is 0 Å². The second-order valence-electron chi connectivity index (χ2n) is 11.1. The van der Waals surface area contributed by atoms with E-state index >= 15 is 0 Å². The topological polar surface area (TPSA) is 131 Å². The number of anilines is 2. The molecular weight excluding hydrogens is 590 g/mol. The zero-order valence-electron chi connectivity index (χ0n) is 24.3. The first-order chi connectivity index (χ1) is 20.5. The molecule has 44 heavy (non-hydrogen) atoms. The van der Waals surface area contributed by atoms with Gasteiger partial charge in [-0.2, -0.15) is 13.2 Å². The summed E-state index contributed by atoms with van der Waals surface area (Å²) >= 11 is 0. The maximum atomic E-state index is 14.3. The normalized spacial score (nSPS) is 17.3. The molecule has 15 heteroatoms. The maximum absolute atomic E-state index is 14.3. The number of imide groups is 1. The molecule has 2 fully saturated rings.